The first-order chi connectivity index (χ1) is 10.8. The number of amides is 3. The van der Waals surface area contributed by atoms with Gasteiger partial charge < -0.3 is 16.4 Å². The Bertz CT molecular complexity index is 727. The van der Waals surface area contributed by atoms with Crippen molar-refractivity contribution in [2.45, 2.75) is 6.18 Å². The van der Waals surface area contributed by atoms with Crippen molar-refractivity contribution >= 4 is 23.3 Å². The Balaban J connectivity index is 2.03. The van der Waals surface area contributed by atoms with Crippen LogP contribution in [0.15, 0.2) is 48.5 Å². The summed E-state index contributed by atoms with van der Waals surface area (Å²) >= 11 is 0. The first kappa shape index (κ1) is 16.3. The molecule has 0 bridgehead atoms. The lowest BCUT2D eigenvalue weighted by molar-refractivity contribution is -0.137. The molecular formula is C15H12F3N3O2. The van der Waals surface area contributed by atoms with Gasteiger partial charge in [-0.1, -0.05) is 6.07 Å². The second kappa shape index (κ2) is 6.39. The molecule has 3 amide bonds. The Morgan fingerprint density at radius 2 is 1.52 bits per heavy atom. The van der Waals surface area contributed by atoms with E-state index in [9.17, 15) is 22.8 Å². The zero-order chi connectivity index (χ0) is 17.0. The summed E-state index contributed by atoms with van der Waals surface area (Å²) in [5, 5.41) is 4.73. The molecule has 5 nitrogen and oxygen atoms in total. The molecule has 23 heavy (non-hydrogen) atoms. The molecule has 0 fully saturated rings. The summed E-state index contributed by atoms with van der Waals surface area (Å²) in [6.45, 7) is 0. The average molecular weight is 323 g/mol. The zero-order valence-electron chi connectivity index (χ0n) is 11.6. The van der Waals surface area contributed by atoms with Crippen molar-refractivity contribution in [3.05, 3.63) is 59.7 Å². The molecule has 0 radical (unpaired) electrons. The van der Waals surface area contributed by atoms with Crippen LogP contribution in [0.25, 0.3) is 0 Å². The Hall–Kier alpha value is -3.03. The van der Waals surface area contributed by atoms with Gasteiger partial charge in [0.25, 0.3) is 0 Å². The van der Waals surface area contributed by atoms with E-state index in [4.69, 9.17) is 5.73 Å². The third-order valence-electron chi connectivity index (χ3n) is 2.88. The van der Waals surface area contributed by atoms with Gasteiger partial charge in [0.1, 0.15) is 0 Å². The van der Waals surface area contributed by atoms with Crippen molar-refractivity contribution in [1.29, 1.82) is 0 Å². The van der Waals surface area contributed by atoms with Crippen LogP contribution in [0.5, 0.6) is 0 Å². The number of urea groups is 1. The summed E-state index contributed by atoms with van der Waals surface area (Å²) in [4.78, 5) is 22.7. The molecule has 0 unspecified atom stereocenters. The fourth-order valence-corrected chi connectivity index (χ4v) is 1.78. The van der Waals surface area contributed by atoms with Gasteiger partial charge in [-0.05, 0) is 42.5 Å². The molecule has 0 heterocycles. The van der Waals surface area contributed by atoms with Gasteiger partial charge in [-0.25, -0.2) is 4.79 Å². The minimum Gasteiger partial charge on any atom is -0.366 e. The molecular weight excluding hydrogens is 311 g/mol. The van der Waals surface area contributed by atoms with Crippen molar-refractivity contribution in [1.82, 2.24) is 0 Å². The molecule has 8 heteroatoms. The molecule has 2 aromatic rings. The van der Waals surface area contributed by atoms with E-state index < -0.39 is 23.7 Å². The summed E-state index contributed by atoms with van der Waals surface area (Å²) in [5.74, 6) is -0.607. The normalized spacial score (nSPS) is 10.9. The molecule has 0 aliphatic rings. The van der Waals surface area contributed by atoms with E-state index in [1.807, 2.05) is 0 Å². The molecule has 4 N–H and O–H groups in total. The van der Waals surface area contributed by atoms with Crippen molar-refractivity contribution in [2.24, 2.45) is 5.73 Å². The molecule has 120 valence electrons. The highest BCUT2D eigenvalue weighted by atomic mass is 19.4. The van der Waals surface area contributed by atoms with Crippen LogP contribution in [0, 0.1) is 0 Å². The van der Waals surface area contributed by atoms with Crippen molar-refractivity contribution in [3.8, 4) is 0 Å². The first-order valence-electron chi connectivity index (χ1n) is 6.41. The van der Waals surface area contributed by atoms with Gasteiger partial charge in [0, 0.05) is 16.9 Å². The summed E-state index contributed by atoms with van der Waals surface area (Å²) in [6.07, 6.45) is -4.49. The van der Waals surface area contributed by atoms with E-state index in [0.717, 1.165) is 12.1 Å². The molecule has 2 rings (SSSR count). The largest absolute Gasteiger partial charge is 0.416 e. The van der Waals surface area contributed by atoms with Crippen LogP contribution < -0.4 is 16.4 Å². The smallest absolute Gasteiger partial charge is 0.366 e. The highest BCUT2D eigenvalue weighted by Crippen LogP contribution is 2.30. The maximum atomic E-state index is 12.6. The molecule has 0 aliphatic carbocycles. The lowest BCUT2D eigenvalue weighted by Crippen LogP contribution is -2.20. The summed E-state index contributed by atoms with van der Waals surface area (Å²) in [5.41, 5.74) is 4.86. The number of halogens is 3. The Kier molecular flexibility index (Phi) is 4.54. The van der Waals surface area contributed by atoms with Crippen LogP contribution in [0.4, 0.5) is 29.3 Å². The summed E-state index contributed by atoms with van der Waals surface area (Å²) < 4.78 is 37.8. The fraction of sp³-hybridized carbons (Fsp3) is 0.0667. The third-order valence-corrected chi connectivity index (χ3v) is 2.88. The molecule has 0 aromatic heterocycles. The monoisotopic (exact) mass is 323 g/mol. The van der Waals surface area contributed by atoms with Gasteiger partial charge in [-0.3, -0.25) is 4.79 Å². The van der Waals surface area contributed by atoms with E-state index in [-0.39, 0.29) is 11.3 Å². The maximum absolute atomic E-state index is 12.6. The van der Waals surface area contributed by atoms with E-state index >= 15 is 0 Å². The number of benzene rings is 2. The number of hydrogen-bond donors (Lipinski definition) is 3. The van der Waals surface area contributed by atoms with Crippen molar-refractivity contribution in [2.75, 3.05) is 10.6 Å². The number of hydrogen-bond acceptors (Lipinski definition) is 2. The Morgan fingerprint density at radius 1 is 0.913 bits per heavy atom. The molecule has 0 spiro atoms. The predicted molar refractivity (Wildman–Crippen MR) is 79.0 cm³/mol. The lowest BCUT2D eigenvalue weighted by atomic mass is 10.2. The second-order valence-corrected chi connectivity index (χ2v) is 4.60. The molecule has 0 saturated carbocycles. The Morgan fingerprint density at radius 3 is 2.09 bits per heavy atom. The van der Waals surface area contributed by atoms with E-state index in [0.29, 0.717) is 5.69 Å². The number of rotatable bonds is 3. The number of carbonyl (C=O) groups is 2. The number of anilines is 2. The van der Waals surface area contributed by atoms with E-state index in [1.54, 1.807) is 0 Å². The quantitative estimate of drug-likeness (QED) is 0.808. The lowest BCUT2D eigenvalue weighted by Gasteiger charge is -2.11. The van der Waals surface area contributed by atoms with Crippen LogP contribution in [-0.2, 0) is 6.18 Å². The number of primary amides is 1. The predicted octanol–water partition coefficient (Wildman–Crippen LogP) is 3.45. The maximum Gasteiger partial charge on any atom is 0.416 e. The Labute approximate surface area is 129 Å². The van der Waals surface area contributed by atoms with Crippen molar-refractivity contribution < 1.29 is 22.8 Å². The molecule has 2 aromatic carbocycles. The minimum absolute atomic E-state index is 0.00563. The topological polar surface area (TPSA) is 84.2 Å². The van der Waals surface area contributed by atoms with Gasteiger partial charge in [0.2, 0.25) is 5.91 Å². The fourth-order valence-electron chi connectivity index (χ4n) is 1.78. The minimum atomic E-state index is -4.49. The number of alkyl halides is 3. The average Bonchev–Trinajstić information content (AvgIpc) is 2.47. The van der Waals surface area contributed by atoms with Gasteiger partial charge in [-0.2, -0.15) is 13.2 Å². The van der Waals surface area contributed by atoms with Gasteiger partial charge in [-0.15, -0.1) is 0 Å². The molecule has 0 aliphatic heterocycles. The first-order valence-corrected chi connectivity index (χ1v) is 6.41. The van der Waals surface area contributed by atoms with Crippen LogP contribution in [0.3, 0.4) is 0 Å². The van der Waals surface area contributed by atoms with Crippen LogP contribution in [0.2, 0.25) is 0 Å². The highest BCUT2D eigenvalue weighted by Gasteiger charge is 2.30. The second-order valence-electron chi connectivity index (χ2n) is 4.60. The van der Waals surface area contributed by atoms with Crippen LogP contribution in [-0.4, -0.2) is 11.9 Å². The number of carbonyl (C=O) groups excluding carboxylic acids is 2. The number of nitrogens with one attached hydrogen (secondary N) is 2. The SMILES string of the molecule is NC(=O)c1ccc(NC(=O)Nc2cccc(C(F)(F)F)c2)cc1. The van der Waals surface area contributed by atoms with Gasteiger partial charge in [0.15, 0.2) is 0 Å². The standard InChI is InChI=1S/C15H12F3N3O2/c16-15(17,18)10-2-1-3-12(8-10)21-14(23)20-11-6-4-9(5-7-11)13(19)22/h1-8H,(H2,19,22)(H2,20,21,23). The van der Waals surface area contributed by atoms with Crippen LogP contribution >= 0.6 is 0 Å². The highest BCUT2D eigenvalue weighted by molar-refractivity contribution is 6.00. The van der Waals surface area contributed by atoms with Gasteiger partial charge >= 0.3 is 12.2 Å². The summed E-state index contributed by atoms with van der Waals surface area (Å²) in [7, 11) is 0. The number of nitrogens with two attached hydrogens (primary N) is 1. The summed E-state index contributed by atoms with van der Waals surface area (Å²) in [6, 6.07) is 9.30. The van der Waals surface area contributed by atoms with Gasteiger partial charge in [0.05, 0.1) is 5.56 Å². The van der Waals surface area contributed by atoms with Crippen LogP contribution in [0.1, 0.15) is 15.9 Å². The van der Waals surface area contributed by atoms with E-state index in [2.05, 4.69) is 10.6 Å². The zero-order valence-corrected chi connectivity index (χ0v) is 11.6. The molecule has 0 saturated heterocycles. The van der Waals surface area contributed by atoms with E-state index in [1.165, 1.54) is 36.4 Å². The third kappa shape index (κ3) is 4.47. The molecule has 0 atom stereocenters. The van der Waals surface area contributed by atoms with Crippen molar-refractivity contribution in [3.63, 3.8) is 0 Å².